The molecule has 0 saturated carbocycles. The summed E-state index contributed by atoms with van der Waals surface area (Å²) in [6.07, 6.45) is 0. The van der Waals surface area contributed by atoms with Crippen molar-refractivity contribution in [3.8, 4) is 27.9 Å². The Hall–Kier alpha value is -6.42. The number of anilines is 3. The molecule has 3 heteroatoms. The van der Waals surface area contributed by atoms with Crippen LogP contribution in [0.4, 0.5) is 17.1 Å². The monoisotopic (exact) mass is 708 g/mol. The molecule has 256 valence electrons. The normalized spacial score (nSPS) is 13.1. The summed E-state index contributed by atoms with van der Waals surface area (Å²) in [4.78, 5) is 2.40. The molecule has 2 heterocycles. The van der Waals surface area contributed by atoms with Gasteiger partial charge in [0.1, 0.15) is 0 Å². The summed E-state index contributed by atoms with van der Waals surface area (Å²) in [6, 6.07) is 67.0. The molecular weight excluding hydrogens is 673 g/mol. The van der Waals surface area contributed by atoms with Crippen molar-refractivity contribution in [3.63, 3.8) is 0 Å². The van der Waals surface area contributed by atoms with Crippen LogP contribution in [0.5, 0.6) is 0 Å². The van der Waals surface area contributed by atoms with Crippen LogP contribution in [-0.2, 0) is 5.41 Å². The molecule has 0 unspecified atom stereocenters. The van der Waals surface area contributed by atoms with E-state index >= 15 is 0 Å². The van der Waals surface area contributed by atoms with E-state index in [1.54, 1.807) is 0 Å². The number of hydrogen-bond donors (Lipinski definition) is 0. The van der Waals surface area contributed by atoms with E-state index in [9.17, 15) is 0 Å². The highest BCUT2D eigenvalue weighted by Gasteiger charge is 2.35. The van der Waals surface area contributed by atoms with Crippen molar-refractivity contribution < 1.29 is 0 Å². The molecule has 0 bridgehead atoms. The number of nitrogens with zero attached hydrogens (tertiary/aromatic N) is 2. The van der Waals surface area contributed by atoms with Crippen molar-refractivity contribution in [3.05, 3.63) is 193 Å². The van der Waals surface area contributed by atoms with E-state index in [1.165, 1.54) is 81.0 Å². The zero-order chi connectivity index (χ0) is 36.0. The minimum Gasteiger partial charge on any atom is -0.310 e. The van der Waals surface area contributed by atoms with Crippen molar-refractivity contribution in [2.24, 2.45) is 0 Å². The molecule has 2 nitrogen and oxygen atoms in total. The molecule has 54 heavy (non-hydrogen) atoms. The van der Waals surface area contributed by atoms with Crippen LogP contribution in [0.2, 0.25) is 0 Å². The lowest BCUT2D eigenvalue weighted by Gasteiger charge is -2.28. The number of benzene rings is 8. The number of rotatable bonds is 5. The molecule has 1 aliphatic carbocycles. The molecule has 10 aromatic rings. The van der Waals surface area contributed by atoms with Crippen LogP contribution in [0.3, 0.4) is 0 Å². The summed E-state index contributed by atoms with van der Waals surface area (Å²) in [6.45, 7) is 4.70. The maximum Gasteiger partial charge on any atom is 0.0640 e. The summed E-state index contributed by atoms with van der Waals surface area (Å²) in [5.74, 6) is 0. The van der Waals surface area contributed by atoms with Gasteiger partial charge in [-0.05, 0) is 100 Å². The Morgan fingerprint density at radius 3 is 2.02 bits per heavy atom. The Morgan fingerprint density at radius 1 is 0.444 bits per heavy atom. The van der Waals surface area contributed by atoms with Crippen LogP contribution in [-0.4, -0.2) is 4.57 Å². The third-order valence-electron chi connectivity index (χ3n) is 11.6. The topological polar surface area (TPSA) is 8.17 Å². The second kappa shape index (κ2) is 11.8. The molecule has 0 radical (unpaired) electrons. The number of para-hydroxylation sites is 2. The summed E-state index contributed by atoms with van der Waals surface area (Å²) in [7, 11) is 0. The van der Waals surface area contributed by atoms with Gasteiger partial charge in [-0.2, -0.15) is 0 Å². The molecule has 0 aliphatic heterocycles. The smallest absolute Gasteiger partial charge is 0.0640 e. The van der Waals surface area contributed by atoms with E-state index in [2.05, 4.69) is 205 Å². The van der Waals surface area contributed by atoms with Crippen molar-refractivity contribution in [1.29, 1.82) is 0 Å². The molecule has 0 N–H and O–H groups in total. The van der Waals surface area contributed by atoms with E-state index in [-0.39, 0.29) is 5.41 Å². The largest absolute Gasteiger partial charge is 0.310 e. The summed E-state index contributed by atoms with van der Waals surface area (Å²) in [5, 5.41) is 5.15. The van der Waals surface area contributed by atoms with Crippen molar-refractivity contribution >= 4 is 70.4 Å². The zero-order valence-corrected chi connectivity index (χ0v) is 30.9. The molecule has 8 aromatic carbocycles. The van der Waals surface area contributed by atoms with E-state index in [4.69, 9.17) is 0 Å². The maximum atomic E-state index is 2.47. The van der Waals surface area contributed by atoms with Gasteiger partial charge in [0.2, 0.25) is 0 Å². The predicted molar refractivity (Wildman–Crippen MR) is 231 cm³/mol. The third-order valence-corrected chi connectivity index (χ3v) is 12.8. The first kappa shape index (κ1) is 31.1. The van der Waals surface area contributed by atoms with Gasteiger partial charge in [-0.3, -0.25) is 0 Å². The number of aromatic nitrogens is 1. The first-order valence-electron chi connectivity index (χ1n) is 18.7. The van der Waals surface area contributed by atoms with Gasteiger partial charge in [-0.1, -0.05) is 129 Å². The lowest BCUT2D eigenvalue weighted by atomic mass is 9.82. The highest BCUT2D eigenvalue weighted by molar-refractivity contribution is 7.26. The average Bonchev–Trinajstić information content (AvgIpc) is 3.84. The van der Waals surface area contributed by atoms with Gasteiger partial charge >= 0.3 is 0 Å². The fourth-order valence-electron chi connectivity index (χ4n) is 9.00. The lowest BCUT2D eigenvalue weighted by Crippen LogP contribution is -2.16. The molecule has 0 saturated heterocycles. The van der Waals surface area contributed by atoms with Crippen molar-refractivity contribution in [2.75, 3.05) is 4.90 Å². The average molecular weight is 709 g/mol. The molecule has 0 fully saturated rings. The Bertz CT molecular complexity index is 3090. The molecule has 0 atom stereocenters. The quantitative estimate of drug-likeness (QED) is 0.173. The molecule has 11 rings (SSSR count). The minimum atomic E-state index is -0.0801. The van der Waals surface area contributed by atoms with Crippen LogP contribution in [0.1, 0.15) is 25.0 Å². The van der Waals surface area contributed by atoms with Crippen LogP contribution < -0.4 is 4.90 Å². The van der Waals surface area contributed by atoms with Gasteiger partial charge in [-0.15, -0.1) is 11.3 Å². The maximum absolute atomic E-state index is 2.47. The van der Waals surface area contributed by atoms with Gasteiger partial charge in [0.25, 0.3) is 0 Å². The van der Waals surface area contributed by atoms with E-state index in [0.29, 0.717) is 0 Å². The third kappa shape index (κ3) is 4.58. The second-order valence-corrected chi connectivity index (χ2v) is 16.0. The number of fused-ring (bicyclic) bond motifs is 9. The molecule has 2 aromatic heterocycles. The summed E-state index contributed by atoms with van der Waals surface area (Å²) in [5.41, 5.74) is 14.8. The molecule has 0 amide bonds. The minimum absolute atomic E-state index is 0.0801. The summed E-state index contributed by atoms with van der Waals surface area (Å²) < 4.78 is 5.10. The van der Waals surface area contributed by atoms with Crippen LogP contribution in [0.25, 0.3) is 69.9 Å². The highest BCUT2D eigenvalue weighted by atomic mass is 32.1. The number of hydrogen-bond acceptors (Lipinski definition) is 2. The molecule has 0 spiro atoms. The van der Waals surface area contributed by atoms with Crippen molar-refractivity contribution in [1.82, 2.24) is 4.57 Å². The first-order chi connectivity index (χ1) is 26.5. The van der Waals surface area contributed by atoms with Gasteiger partial charge in [0.05, 0.1) is 21.4 Å². The van der Waals surface area contributed by atoms with Gasteiger partial charge in [0, 0.05) is 48.7 Å². The SMILES string of the molecule is CC1(C)c2ccccc2-c2ccc(N(c3ccccc3)c3cccc(-c4ccc5c(c4)c4ccccc4n5-c4cccc5c4sc4ccccc45)c3)cc21. The highest BCUT2D eigenvalue weighted by Crippen LogP contribution is 2.51. The molecular formula is C51H36N2S. The van der Waals surface area contributed by atoms with E-state index < -0.39 is 0 Å². The Morgan fingerprint density at radius 2 is 1.11 bits per heavy atom. The second-order valence-electron chi connectivity index (χ2n) is 15.0. The van der Waals surface area contributed by atoms with E-state index in [1.807, 2.05) is 11.3 Å². The van der Waals surface area contributed by atoms with Crippen LogP contribution in [0.15, 0.2) is 182 Å². The van der Waals surface area contributed by atoms with Gasteiger partial charge < -0.3 is 9.47 Å². The van der Waals surface area contributed by atoms with Crippen LogP contribution >= 0.6 is 11.3 Å². The van der Waals surface area contributed by atoms with Gasteiger partial charge in [-0.25, -0.2) is 0 Å². The standard InChI is InChI=1S/C51H36N2S/c1-51(2)44-22-9-6-18-38(44)39-28-27-37(32-45(39)51)52(35-15-4-3-5-16-35)36-17-12-14-33(30-36)34-26-29-47-43(31-34)40-19-7-10-23-46(40)53(47)48-24-13-21-42-41-20-8-11-25-49(41)54-50(42)48/h3-32H,1-2H3. The predicted octanol–water partition coefficient (Wildman–Crippen LogP) is 14.6. The Kier molecular flexibility index (Phi) is 6.80. The fraction of sp³-hybridized carbons (Fsp3) is 0.0588. The van der Waals surface area contributed by atoms with Crippen molar-refractivity contribution in [2.45, 2.75) is 19.3 Å². The van der Waals surface area contributed by atoms with Crippen LogP contribution in [0, 0.1) is 0 Å². The lowest BCUT2D eigenvalue weighted by molar-refractivity contribution is 0.660. The number of thiophene rings is 1. The Balaban J connectivity index is 1.06. The van der Waals surface area contributed by atoms with Gasteiger partial charge in [0.15, 0.2) is 0 Å². The first-order valence-corrected chi connectivity index (χ1v) is 19.5. The fourth-order valence-corrected chi connectivity index (χ4v) is 10.2. The zero-order valence-electron chi connectivity index (χ0n) is 30.1. The Labute approximate surface area is 318 Å². The molecule has 1 aliphatic rings. The van der Waals surface area contributed by atoms with E-state index in [0.717, 1.165) is 17.1 Å². The summed E-state index contributed by atoms with van der Waals surface area (Å²) >= 11 is 1.88.